The van der Waals surface area contributed by atoms with Gasteiger partial charge in [-0.3, -0.25) is 4.79 Å². The number of hydrogen-bond acceptors (Lipinski definition) is 3. The van der Waals surface area contributed by atoms with Gasteiger partial charge in [0.25, 0.3) is 0 Å². The third-order valence-corrected chi connectivity index (χ3v) is 2.40. The van der Waals surface area contributed by atoms with Gasteiger partial charge in [0.05, 0.1) is 0 Å². The maximum Gasteiger partial charge on any atom is 0.320 e. The molecule has 0 aromatic heterocycles. The summed E-state index contributed by atoms with van der Waals surface area (Å²) in [6, 6.07) is 0.0484. The highest BCUT2D eigenvalue weighted by molar-refractivity contribution is 5.73. The molecule has 14 heavy (non-hydrogen) atoms. The monoisotopic (exact) mass is 202 g/mol. The molecule has 0 saturated heterocycles. The van der Waals surface area contributed by atoms with Gasteiger partial charge in [0, 0.05) is 12.6 Å². The van der Waals surface area contributed by atoms with Crippen LogP contribution in [0.25, 0.3) is 0 Å². The van der Waals surface area contributed by atoms with E-state index in [1.165, 1.54) is 0 Å². The van der Waals surface area contributed by atoms with E-state index in [-0.39, 0.29) is 0 Å². The van der Waals surface area contributed by atoms with Crippen LogP contribution in [0.5, 0.6) is 0 Å². The quantitative estimate of drug-likeness (QED) is 0.640. The Bertz CT molecular complexity index is 172. The highest BCUT2D eigenvalue weighted by atomic mass is 16.4. The molecule has 0 rings (SSSR count). The molecule has 0 radical (unpaired) electrons. The van der Waals surface area contributed by atoms with Gasteiger partial charge in [0.1, 0.15) is 6.04 Å². The fourth-order valence-corrected chi connectivity index (χ4v) is 1.15. The van der Waals surface area contributed by atoms with Crippen molar-refractivity contribution in [3.8, 4) is 0 Å². The largest absolute Gasteiger partial charge is 0.480 e. The standard InChI is InChI=1S/C10H22N2O2/c1-5-11-9(10(13)14)6-7-12(4)8(2)3/h8-9,11H,5-7H2,1-4H3,(H,13,14). The average molecular weight is 202 g/mol. The summed E-state index contributed by atoms with van der Waals surface area (Å²) >= 11 is 0. The number of carboxylic acid groups (broad SMARTS) is 1. The van der Waals surface area contributed by atoms with Crippen LogP contribution >= 0.6 is 0 Å². The van der Waals surface area contributed by atoms with Gasteiger partial charge in [0.2, 0.25) is 0 Å². The van der Waals surface area contributed by atoms with E-state index in [1.54, 1.807) is 0 Å². The van der Waals surface area contributed by atoms with Gasteiger partial charge in [-0.25, -0.2) is 0 Å². The van der Waals surface area contributed by atoms with Gasteiger partial charge in [0.15, 0.2) is 0 Å². The van der Waals surface area contributed by atoms with Gasteiger partial charge in [-0.05, 0) is 33.9 Å². The molecule has 1 atom stereocenters. The molecule has 84 valence electrons. The van der Waals surface area contributed by atoms with E-state index in [4.69, 9.17) is 5.11 Å². The molecule has 0 aliphatic heterocycles. The summed E-state index contributed by atoms with van der Waals surface area (Å²) < 4.78 is 0. The number of carbonyl (C=O) groups is 1. The van der Waals surface area contributed by atoms with Gasteiger partial charge < -0.3 is 15.3 Å². The molecule has 0 aliphatic rings. The van der Waals surface area contributed by atoms with Crippen LogP contribution in [0.2, 0.25) is 0 Å². The Morgan fingerprint density at radius 2 is 2.07 bits per heavy atom. The van der Waals surface area contributed by atoms with Crippen LogP contribution < -0.4 is 5.32 Å². The highest BCUT2D eigenvalue weighted by Crippen LogP contribution is 1.99. The first kappa shape index (κ1) is 13.4. The molecule has 0 amide bonds. The predicted octanol–water partition coefficient (Wildman–Crippen LogP) is 0.779. The second-order valence-electron chi connectivity index (χ2n) is 3.81. The van der Waals surface area contributed by atoms with E-state index < -0.39 is 12.0 Å². The second kappa shape index (κ2) is 6.79. The summed E-state index contributed by atoms with van der Waals surface area (Å²) in [6.45, 7) is 7.62. The second-order valence-corrected chi connectivity index (χ2v) is 3.81. The normalized spacial score (nSPS) is 13.6. The minimum absolute atomic E-state index is 0.416. The van der Waals surface area contributed by atoms with Crippen LogP contribution in [-0.2, 0) is 4.79 Å². The molecular formula is C10H22N2O2. The Morgan fingerprint density at radius 1 is 1.50 bits per heavy atom. The van der Waals surface area contributed by atoms with E-state index in [1.807, 2.05) is 14.0 Å². The number of nitrogens with zero attached hydrogens (tertiary/aromatic N) is 1. The summed E-state index contributed by atoms with van der Waals surface area (Å²) in [5.41, 5.74) is 0. The van der Waals surface area contributed by atoms with Gasteiger partial charge in [-0.15, -0.1) is 0 Å². The average Bonchev–Trinajstić information content (AvgIpc) is 2.10. The number of carboxylic acids is 1. The summed E-state index contributed by atoms with van der Waals surface area (Å²) in [7, 11) is 2.01. The molecule has 4 nitrogen and oxygen atoms in total. The first-order valence-corrected chi connectivity index (χ1v) is 5.15. The lowest BCUT2D eigenvalue weighted by atomic mass is 10.2. The number of hydrogen-bond donors (Lipinski definition) is 2. The lowest BCUT2D eigenvalue weighted by molar-refractivity contribution is -0.139. The van der Waals surface area contributed by atoms with Gasteiger partial charge >= 0.3 is 5.97 Å². The van der Waals surface area contributed by atoms with Crippen LogP contribution in [0.1, 0.15) is 27.2 Å². The zero-order chi connectivity index (χ0) is 11.1. The van der Waals surface area contributed by atoms with Crippen LogP contribution in [0.4, 0.5) is 0 Å². The van der Waals surface area contributed by atoms with E-state index in [2.05, 4.69) is 24.1 Å². The van der Waals surface area contributed by atoms with E-state index in [9.17, 15) is 4.79 Å². The molecular weight excluding hydrogens is 180 g/mol. The Balaban J connectivity index is 3.87. The topological polar surface area (TPSA) is 52.6 Å². The molecule has 0 saturated carbocycles. The summed E-state index contributed by atoms with van der Waals surface area (Å²) in [4.78, 5) is 12.9. The number of likely N-dealkylation sites (N-methyl/N-ethyl adjacent to an activating group) is 1. The highest BCUT2D eigenvalue weighted by Gasteiger charge is 2.16. The van der Waals surface area contributed by atoms with Crippen molar-refractivity contribution in [2.24, 2.45) is 0 Å². The van der Waals surface area contributed by atoms with Crippen molar-refractivity contribution in [2.45, 2.75) is 39.3 Å². The first-order valence-electron chi connectivity index (χ1n) is 5.15. The molecule has 0 bridgehead atoms. The molecule has 0 spiro atoms. The number of rotatable bonds is 7. The summed E-state index contributed by atoms with van der Waals surface area (Å²) in [5, 5.41) is 11.8. The van der Waals surface area contributed by atoms with Gasteiger partial charge in [-0.1, -0.05) is 6.92 Å². The molecule has 4 heteroatoms. The fourth-order valence-electron chi connectivity index (χ4n) is 1.15. The fraction of sp³-hybridized carbons (Fsp3) is 0.900. The van der Waals surface area contributed by atoms with E-state index in [0.717, 1.165) is 6.54 Å². The Hall–Kier alpha value is -0.610. The van der Waals surface area contributed by atoms with Crippen LogP contribution in [0.15, 0.2) is 0 Å². The molecule has 0 aromatic carbocycles. The summed E-state index contributed by atoms with van der Waals surface area (Å²) in [5.74, 6) is -0.760. The Morgan fingerprint density at radius 3 is 2.43 bits per heavy atom. The van der Waals surface area contributed by atoms with Gasteiger partial charge in [-0.2, -0.15) is 0 Å². The number of aliphatic carboxylic acids is 1. The SMILES string of the molecule is CCNC(CCN(C)C(C)C)C(=O)O. The van der Waals surface area contributed by atoms with Crippen molar-refractivity contribution in [3.05, 3.63) is 0 Å². The lowest BCUT2D eigenvalue weighted by Crippen LogP contribution is -2.40. The third-order valence-electron chi connectivity index (χ3n) is 2.40. The van der Waals surface area contributed by atoms with Crippen LogP contribution in [0.3, 0.4) is 0 Å². The van der Waals surface area contributed by atoms with Crippen molar-refractivity contribution in [2.75, 3.05) is 20.1 Å². The summed E-state index contributed by atoms with van der Waals surface area (Å²) in [6.07, 6.45) is 0.651. The zero-order valence-corrected chi connectivity index (χ0v) is 9.58. The maximum atomic E-state index is 10.8. The minimum Gasteiger partial charge on any atom is -0.480 e. The predicted molar refractivity (Wildman–Crippen MR) is 57.5 cm³/mol. The van der Waals surface area contributed by atoms with Crippen molar-refractivity contribution in [3.63, 3.8) is 0 Å². The lowest BCUT2D eigenvalue weighted by Gasteiger charge is -2.23. The smallest absolute Gasteiger partial charge is 0.320 e. The van der Waals surface area contributed by atoms with E-state index >= 15 is 0 Å². The molecule has 0 aliphatic carbocycles. The maximum absolute atomic E-state index is 10.8. The molecule has 2 N–H and O–H groups in total. The van der Waals surface area contributed by atoms with Crippen molar-refractivity contribution in [1.82, 2.24) is 10.2 Å². The van der Waals surface area contributed by atoms with E-state index in [0.29, 0.717) is 19.0 Å². The van der Waals surface area contributed by atoms with Crippen molar-refractivity contribution in [1.29, 1.82) is 0 Å². The third kappa shape index (κ3) is 5.19. The molecule has 0 heterocycles. The Labute approximate surface area is 86.3 Å². The zero-order valence-electron chi connectivity index (χ0n) is 9.58. The Kier molecular flexibility index (Phi) is 6.49. The minimum atomic E-state index is -0.760. The first-order chi connectivity index (χ1) is 6.49. The molecule has 1 unspecified atom stereocenters. The molecule has 0 aromatic rings. The van der Waals surface area contributed by atoms with Crippen LogP contribution in [-0.4, -0.2) is 48.2 Å². The van der Waals surface area contributed by atoms with Crippen molar-refractivity contribution >= 4 is 5.97 Å². The number of nitrogens with one attached hydrogen (secondary N) is 1. The van der Waals surface area contributed by atoms with Crippen molar-refractivity contribution < 1.29 is 9.90 Å². The molecule has 0 fully saturated rings. The van der Waals surface area contributed by atoms with Crippen LogP contribution in [0, 0.1) is 0 Å².